The van der Waals surface area contributed by atoms with Crippen LogP contribution in [0.3, 0.4) is 0 Å². The lowest BCUT2D eigenvalue weighted by atomic mass is 10.0. The van der Waals surface area contributed by atoms with Crippen LogP contribution in [-0.4, -0.2) is 57.3 Å². The normalized spacial score (nSPS) is 16.0. The fourth-order valence-corrected chi connectivity index (χ4v) is 3.75. The maximum atomic E-state index is 5.15. The van der Waals surface area contributed by atoms with Gasteiger partial charge in [-0.2, -0.15) is 0 Å². The molecule has 1 saturated heterocycles. The molecule has 6 heteroatoms. The lowest BCUT2D eigenvalue weighted by Gasteiger charge is -2.33. The first kappa shape index (κ1) is 22.9. The predicted octanol–water partition coefficient (Wildman–Crippen LogP) is 3.62. The standard InChI is InChI=1S/C22H32N4O.HI/c1-23-22(25-20-11-14-26(15-12-20)13-6-16-27-2)24-17-19-9-5-8-18-7-3-4-10-21(18)19;/h3-5,7-10,20H,6,11-17H2,1-2H3,(H2,23,24,25);1H. The molecular weight excluding hydrogens is 463 g/mol. The van der Waals surface area contributed by atoms with Crippen LogP contribution in [0.1, 0.15) is 24.8 Å². The molecule has 0 atom stereocenters. The summed E-state index contributed by atoms with van der Waals surface area (Å²) in [4.78, 5) is 6.95. The van der Waals surface area contributed by atoms with Crippen LogP contribution in [0.2, 0.25) is 0 Å². The lowest BCUT2D eigenvalue weighted by Crippen LogP contribution is -2.48. The van der Waals surface area contributed by atoms with Gasteiger partial charge in [-0.1, -0.05) is 42.5 Å². The highest BCUT2D eigenvalue weighted by molar-refractivity contribution is 14.0. The van der Waals surface area contributed by atoms with Crippen molar-refractivity contribution in [2.24, 2.45) is 4.99 Å². The number of piperidine rings is 1. The molecular formula is C22H33IN4O. The van der Waals surface area contributed by atoms with Gasteiger partial charge in [0.1, 0.15) is 0 Å². The Labute approximate surface area is 185 Å². The molecule has 0 spiro atoms. The Balaban J connectivity index is 0.00000280. The molecule has 0 aliphatic carbocycles. The first-order valence-electron chi connectivity index (χ1n) is 9.95. The smallest absolute Gasteiger partial charge is 0.191 e. The number of hydrogen-bond acceptors (Lipinski definition) is 3. The van der Waals surface area contributed by atoms with E-state index in [1.54, 1.807) is 7.11 Å². The maximum absolute atomic E-state index is 5.15. The quantitative estimate of drug-likeness (QED) is 0.266. The lowest BCUT2D eigenvalue weighted by molar-refractivity contribution is 0.155. The third-order valence-electron chi connectivity index (χ3n) is 5.30. The second-order valence-electron chi connectivity index (χ2n) is 7.17. The summed E-state index contributed by atoms with van der Waals surface area (Å²) in [7, 11) is 3.62. The van der Waals surface area contributed by atoms with E-state index in [1.807, 2.05) is 7.05 Å². The molecule has 0 aromatic heterocycles. The zero-order valence-electron chi connectivity index (χ0n) is 17.0. The first-order valence-corrected chi connectivity index (χ1v) is 9.95. The molecule has 1 aliphatic heterocycles. The number of guanidine groups is 1. The zero-order chi connectivity index (χ0) is 18.9. The van der Waals surface area contributed by atoms with Crippen molar-refractivity contribution >= 4 is 40.7 Å². The van der Waals surface area contributed by atoms with Crippen molar-refractivity contribution in [1.29, 1.82) is 0 Å². The summed E-state index contributed by atoms with van der Waals surface area (Å²) in [5.74, 6) is 0.890. The summed E-state index contributed by atoms with van der Waals surface area (Å²) >= 11 is 0. The Morgan fingerprint density at radius 3 is 2.64 bits per heavy atom. The van der Waals surface area contributed by atoms with Crippen molar-refractivity contribution < 1.29 is 4.74 Å². The van der Waals surface area contributed by atoms with Crippen LogP contribution in [0.25, 0.3) is 10.8 Å². The van der Waals surface area contributed by atoms with Gasteiger partial charge in [-0.05, 0) is 35.6 Å². The van der Waals surface area contributed by atoms with E-state index in [1.165, 1.54) is 16.3 Å². The van der Waals surface area contributed by atoms with Gasteiger partial charge in [-0.3, -0.25) is 4.99 Å². The highest BCUT2D eigenvalue weighted by Gasteiger charge is 2.19. The SMILES string of the molecule is CN=C(NCc1cccc2ccccc12)NC1CCN(CCCOC)CC1.I. The second-order valence-corrected chi connectivity index (χ2v) is 7.17. The average molecular weight is 496 g/mol. The third kappa shape index (κ3) is 6.60. The number of halogens is 1. The Morgan fingerprint density at radius 1 is 1.14 bits per heavy atom. The number of hydrogen-bond donors (Lipinski definition) is 2. The highest BCUT2D eigenvalue weighted by atomic mass is 127. The summed E-state index contributed by atoms with van der Waals surface area (Å²) in [5.41, 5.74) is 1.30. The van der Waals surface area contributed by atoms with Gasteiger partial charge < -0.3 is 20.3 Å². The van der Waals surface area contributed by atoms with Crippen LogP contribution in [-0.2, 0) is 11.3 Å². The van der Waals surface area contributed by atoms with Gasteiger partial charge >= 0.3 is 0 Å². The molecule has 0 radical (unpaired) electrons. The molecule has 28 heavy (non-hydrogen) atoms. The fraction of sp³-hybridized carbons (Fsp3) is 0.500. The van der Waals surface area contributed by atoms with E-state index in [9.17, 15) is 0 Å². The van der Waals surface area contributed by atoms with E-state index >= 15 is 0 Å². The van der Waals surface area contributed by atoms with Crippen LogP contribution in [0.15, 0.2) is 47.5 Å². The highest BCUT2D eigenvalue weighted by Crippen LogP contribution is 2.18. The minimum absolute atomic E-state index is 0. The van der Waals surface area contributed by atoms with Gasteiger partial charge in [0.05, 0.1) is 0 Å². The van der Waals surface area contributed by atoms with E-state index in [0.29, 0.717) is 6.04 Å². The minimum atomic E-state index is 0. The van der Waals surface area contributed by atoms with Crippen molar-refractivity contribution in [3.05, 3.63) is 48.0 Å². The molecule has 5 nitrogen and oxygen atoms in total. The number of aliphatic imine (C=N–C) groups is 1. The molecule has 0 saturated carbocycles. The number of methoxy groups -OCH3 is 1. The van der Waals surface area contributed by atoms with E-state index in [0.717, 1.165) is 58.0 Å². The molecule has 0 bridgehead atoms. The number of rotatable bonds is 7. The van der Waals surface area contributed by atoms with E-state index < -0.39 is 0 Å². The van der Waals surface area contributed by atoms with Gasteiger partial charge in [-0.15, -0.1) is 24.0 Å². The summed E-state index contributed by atoms with van der Waals surface area (Å²) < 4.78 is 5.15. The van der Waals surface area contributed by atoms with Gasteiger partial charge in [0.2, 0.25) is 0 Å². The van der Waals surface area contributed by atoms with Gasteiger partial charge in [-0.25, -0.2) is 0 Å². The molecule has 2 aromatic rings. The topological polar surface area (TPSA) is 48.9 Å². The van der Waals surface area contributed by atoms with Gasteiger partial charge in [0.15, 0.2) is 5.96 Å². The van der Waals surface area contributed by atoms with Crippen LogP contribution < -0.4 is 10.6 Å². The summed E-state index contributed by atoms with van der Waals surface area (Å²) in [6, 6.07) is 15.5. The molecule has 0 amide bonds. The minimum Gasteiger partial charge on any atom is -0.385 e. The van der Waals surface area contributed by atoms with E-state index in [2.05, 4.69) is 63.0 Å². The first-order chi connectivity index (χ1) is 13.3. The Kier molecular flexibility index (Phi) is 10.0. The number of fused-ring (bicyclic) bond motifs is 1. The number of benzene rings is 2. The molecule has 1 aliphatic rings. The molecule has 1 fully saturated rings. The monoisotopic (exact) mass is 496 g/mol. The van der Waals surface area contributed by atoms with Crippen LogP contribution in [0.4, 0.5) is 0 Å². The fourth-order valence-electron chi connectivity index (χ4n) is 3.75. The molecule has 154 valence electrons. The van der Waals surface area contributed by atoms with Crippen molar-refractivity contribution in [3.8, 4) is 0 Å². The van der Waals surface area contributed by atoms with Crippen molar-refractivity contribution in [3.63, 3.8) is 0 Å². The Morgan fingerprint density at radius 2 is 1.89 bits per heavy atom. The predicted molar refractivity (Wildman–Crippen MR) is 129 cm³/mol. The maximum Gasteiger partial charge on any atom is 0.191 e. The summed E-state index contributed by atoms with van der Waals surface area (Å²) in [5, 5.41) is 9.66. The second kappa shape index (κ2) is 12.2. The van der Waals surface area contributed by atoms with E-state index in [-0.39, 0.29) is 24.0 Å². The summed E-state index contributed by atoms with van der Waals surface area (Å²) in [6.07, 6.45) is 3.42. The third-order valence-corrected chi connectivity index (χ3v) is 5.30. The summed E-state index contributed by atoms with van der Waals surface area (Å²) in [6.45, 7) is 5.04. The van der Waals surface area contributed by atoms with Crippen LogP contribution in [0.5, 0.6) is 0 Å². The largest absolute Gasteiger partial charge is 0.385 e. The van der Waals surface area contributed by atoms with Crippen molar-refractivity contribution in [1.82, 2.24) is 15.5 Å². The number of ether oxygens (including phenoxy) is 1. The molecule has 2 aromatic carbocycles. The van der Waals surface area contributed by atoms with Gasteiger partial charge in [0, 0.05) is 53.0 Å². The Bertz CT molecular complexity index is 739. The molecule has 3 rings (SSSR count). The van der Waals surface area contributed by atoms with Crippen molar-refractivity contribution in [2.75, 3.05) is 40.4 Å². The number of likely N-dealkylation sites (tertiary alicyclic amines) is 1. The Hall–Kier alpha value is -1.38. The molecule has 1 heterocycles. The van der Waals surface area contributed by atoms with E-state index in [4.69, 9.17) is 4.74 Å². The average Bonchev–Trinajstić information content (AvgIpc) is 2.72. The number of nitrogens with zero attached hydrogens (tertiary/aromatic N) is 2. The number of nitrogens with one attached hydrogen (secondary N) is 2. The zero-order valence-corrected chi connectivity index (χ0v) is 19.3. The molecule has 2 N–H and O–H groups in total. The van der Waals surface area contributed by atoms with Crippen LogP contribution >= 0.6 is 24.0 Å². The van der Waals surface area contributed by atoms with Crippen molar-refractivity contribution in [2.45, 2.75) is 31.8 Å². The van der Waals surface area contributed by atoms with Crippen LogP contribution in [0, 0.1) is 0 Å². The van der Waals surface area contributed by atoms with Gasteiger partial charge in [0.25, 0.3) is 0 Å². The molecule has 0 unspecified atom stereocenters.